The summed E-state index contributed by atoms with van der Waals surface area (Å²) in [4.78, 5) is 20.9. The van der Waals surface area contributed by atoms with E-state index in [-0.39, 0.29) is 5.56 Å². The second kappa shape index (κ2) is 6.82. The van der Waals surface area contributed by atoms with Gasteiger partial charge in [0.15, 0.2) is 6.33 Å². The summed E-state index contributed by atoms with van der Waals surface area (Å²) in [5.41, 5.74) is 2.29. The van der Waals surface area contributed by atoms with E-state index in [0.717, 1.165) is 63.2 Å². The Labute approximate surface area is 140 Å². The summed E-state index contributed by atoms with van der Waals surface area (Å²) in [6.07, 6.45) is 4.56. The Kier molecular flexibility index (Phi) is 4.40. The summed E-state index contributed by atoms with van der Waals surface area (Å²) in [6.45, 7) is 6.13. The van der Waals surface area contributed by atoms with Crippen LogP contribution < -0.4 is 5.56 Å². The zero-order valence-corrected chi connectivity index (χ0v) is 13.7. The van der Waals surface area contributed by atoms with Crippen LogP contribution in [-0.2, 0) is 25.9 Å². The molecule has 1 saturated heterocycles. The molecule has 24 heavy (non-hydrogen) atoms. The fraction of sp³-hybridized carbons (Fsp3) is 0.625. The van der Waals surface area contributed by atoms with E-state index < -0.39 is 0 Å². The van der Waals surface area contributed by atoms with Gasteiger partial charge in [-0.3, -0.25) is 14.6 Å². The highest BCUT2D eigenvalue weighted by atomic mass is 16.5. The maximum absolute atomic E-state index is 12.1. The molecule has 0 aromatic carbocycles. The third kappa shape index (κ3) is 3.39. The smallest absolute Gasteiger partial charge is 0.267 e. The lowest BCUT2D eigenvalue weighted by Gasteiger charge is -2.33. The molecule has 1 fully saturated rings. The van der Waals surface area contributed by atoms with Crippen LogP contribution in [0.3, 0.4) is 0 Å². The SMILES string of the molecule is O=c1cc2c(nn1CCN1CCN(Cc3ncno3)CC1)CCC2. The Morgan fingerprint density at radius 1 is 1.08 bits per heavy atom. The molecular weight excluding hydrogens is 308 g/mol. The van der Waals surface area contributed by atoms with Crippen LogP contribution in [0.15, 0.2) is 21.7 Å². The van der Waals surface area contributed by atoms with Crippen LogP contribution in [0.5, 0.6) is 0 Å². The van der Waals surface area contributed by atoms with Crippen LogP contribution in [0.25, 0.3) is 0 Å². The lowest BCUT2D eigenvalue weighted by molar-refractivity contribution is 0.113. The summed E-state index contributed by atoms with van der Waals surface area (Å²) in [5.74, 6) is 0.664. The molecule has 128 valence electrons. The van der Waals surface area contributed by atoms with Gasteiger partial charge in [-0.1, -0.05) is 5.16 Å². The van der Waals surface area contributed by atoms with Crippen molar-refractivity contribution in [2.24, 2.45) is 0 Å². The predicted octanol–water partition coefficient (Wildman–Crippen LogP) is -0.0672. The lowest BCUT2D eigenvalue weighted by Crippen LogP contribution is -2.47. The number of hydrogen-bond donors (Lipinski definition) is 0. The predicted molar refractivity (Wildman–Crippen MR) is 86.5 cm³/mol. The first kappa shape index (κ1) is 15.5. The molecular formula is C16H22N6O2. The molecule has 2 aromatic rings. The molecule has 0 spiro atoms. The summed E-state index contributed by atoms with van der Waals surface area (Å²) < 4.78 is 6.69. The maximum atomic E-state index is 12.1. The third-order valence-electron chi connectivity index (χ3n) is 4.88. The quantitative estimate of drug-likeness (QED) is 0.759. The molecule has 0 bridgehead atoms. The fourth-order valence-electron chi connectivity index (χ4n) is 3.46. The molecule has 0 unspecified atom stereocenters. The average molecular weight is 330 g/mol. The fourth-order valence-corrected chi connectivity index (χ4v) is 3.46. The van der Waals surface area contributed by atoms with Gasteiger partial charge >= 0.3 is 0 Å². The van der Waals surface area contributed by atoms with Gasteiger partial charge in [0.1, 0.15) is 0 Å². The van der Waals surface area contributed by atoms with Gasteiger partial charge in [-0.05, 0) is 24.8 Å². The first-order valence-corrected chi connectivity index (χ1v) is 8.58. The van der Waals surface area contributed by atoms with E-state index in [1.165, 1.54) is 6.33 Å². The Hall–Kier alpha value is -2.06. The molecule has 0 amide bonds. The lowest BCUT2D eigenvalue weighted by atomic mass is 10.2. The van der Waals surface area contributed by atoms with Gasteiger partial charge in [0, 0.05) is 38.8 Å². The van der Waals surface area contributed by atoms with Crippen molar-refractivity contribution in [2.45, 2.75) is 32.4 Å². The largest absolute Gasteiger partial charge is 0.338 e. The van der Waals surface area contributed by atoms with Crippen LogP contribution in [0.2, 0.25) is 0 Å². The van der Waals surface area contributed by atoms with Crippen molar-refractivity contribution >= 4 is 0 Å². The minimum atomic E-state index is 0.0330. The number of rotatable bonds is 5. The maximum Gasteiger partial charge on any atom is 0.267 e. The zero-order chi connectivity index (χ0) is 16.4. The van der Waals surface area contributed by atoms with Crippen LogP contribution in [0.4, 0.5) is 0 Å². The van der Waals surface area contributed by atoms with E-state index in [0.29, 0.717) is 19.0 Å². The second-order valence-electron chi connectivity index (χ2n) is 6.48. The zero-order valence-electron chi connectivity index (χ0n) is 13.7. The van der Waals surface area contributed by atoms with E-state index in [1.54, 1.807) is 10.7 Å². The highest BCUT2D eigenvalue weighted by Gasteiger charge is 2.19. The summed E-state index contributed by atoms with van der Waals surface area (Å²) in [6, 6.07) is 1.78. The third-order valence-corrected chi connectivity index (χ3v) is 4.88. The molecule has 0 saturated carbocycles. The van der Waals surface area contributed by atoms with Crippen LogP contribution in [0.1, 0.15) is 23.6 Å². The van der Waals surface area contributed by atoms with Crippen molar-refractivity contribution in [3.8, 4) is 0 Å². The summed E-state index contributed by atoms with van der Waals surface area (Å²) in [5, 5.41) is 8.18. The van der Waals surface area contributed by atoms with Crippen molar-refractivity contribution in [2.75, 3.05) is 32.7 Å². The van der Waals surface area contributed by atoms with Gasteiger partial charge in [0.25, 0.3) is 5.56 Å². The van der Waals surface area contributed by atoms with Crippen molar-refractivity contribution in [1.29, 1.82) is 0 Å². The van der Waals surface area contributed by atoms with E-state index in [9.17, 15) is 4.79 Å². The van der Waals surface area contributed by atoms with E-state index in [4.69, 9.17) is 4.52 Å². The number of fused-ring (bicyclic) bond motifs is 1. The van der Waals surface area contributed by atoms with Crippen LogP contribution in [0, 0.1) is 0 Å². The van der Waals surface area contributed by atoms with Gasteiger partial charge in [0.2, 0.25) is 5.89 Å². The standard InChI is InChI=1S/C16H22N6O2/c23-16-10-13-2-1-3-14(13)19-22(16)9-8-20-4-6-21(7-5-20)11-15-17-12-18-24-15/h10,12H,1-9,11H2. The first-order valence-electron chi connectivity index (χ1n) is 8.58. The summed E-state index contributed by atoms with van der Waals surface area (Å²) >= 11 is 0. The van der Waals surface area contributed by atoms with Crippen molar-refractivity contribution in [1.82, 2.24) is 29.7 Å². The molecule has 8 nitrogen and oxygen atoms in total. The first-order chi connectivity index (χ1) is 11.8. The van der Waals surface area contributed by atoms with Crippen molar-refractivity contribution in [3.63, 3.8) is 0 Å². The van der Waals surface area contributed by atoms with Gasteiger partial charge in [-0.15, -0.1) is 0 Å². The number of aryl methyl sites for hydroxylation is 2. The van der Waals surface area contributed by atoms with Crippen LogP contribution >= 0.6 is 0 Å². The average Bonchev–Trinajstić information content (AvgIpc) is 3.25. The number of piperazine rings is 1. The van der Waals surface area contributed by atoms with Gasteiger partial charge in [-0.25, -0.2) is 4.68 Å². The highest BCUT2D eigenvalue weighted by molar-refractivity contribution is 5.22. The van der Waals surface area contributed by atoms with E-state index >= 15 is 0 Å². The molecule has 2 aromatic heterocycles. The van der Waals surface area contributed by atoms with E-state index in [2.05, 4.69) is 25.0 Å². The number of hydrogen-bond acceptors (Lipinski definition) is 7. The normalized spacial score (nSPS) is 18.8. The summed E-state index contributed by atoms with van der Waals surface area (Å²) in [7, 11) is 0. The number of aromatic nitrogens is 4. The van der Waals surface area contributed by atoms with Crippen LogP contribution in [-0.4, -0.2) is 62.4 Å². The number of nitrogens with zero attached hydrogens (tertiary/aromatic N) is 6. The topological polar surface area (TPSA) is 80.3 Å². The van der Waals surface area contributed by atoms with Gasteiger partial charge in [-0.2, -0.15) is 10.1 Å². The molecule has 1 aliphatic carbocycles. The molecule has 0 N–H and O–H groups in total. The monoisotopic (exact) mass is 330 g/mol. The highest BCUT2D eigenvalue weighted by Crippen LogP contribution is 2.16. The molecule has 0 radical (unpaired) electrons. The molecule has 0 atom stereocenters. The Morgan fingerprint density at radius 2 is 1.92 bits per heavy atom. The van der Waals surface area contributed by atoms with Crippen molar-refractivity contribution < 1.29 is 4.52 Å². The Bertz CT molecular complexity index is 734. The van der Waals surface area contributed by atoms with Gasteiger partial charge in [0.05, 0.1) is 18.8 Å². The second-order valence-corrected chi connectivity index (χ2v) is 6.48. The van der Waals surface area contributed by atoms with Crippen molar-refractivity contribution in [3.05, 3.63) is 39.9 Å². The molecule has 8 heteroatoms. The van der Waals surface area contributed by atoms with E-state index in [1.807, 2.05) is 0 Å². The Morgan fingerprint density at radius 3 is 2.71 bits per heavy atom. The minimum absolute atomic E-state index is 0.0330. The minimum Gasteiger partial charge on any atom is -0.338 e. The van der Waals surface area contributed by atoms with Gasteiger partial charge < -0.3 is 4.52 Å². The molecule has 4 rings (SSSR count). The molecule has 1 aliphatic heterocycles. The molecule has 3 heterocycles. The Balaban J connectivity index is 1.28. The molecule has 2 aliphatic rings.